The van der Waals surface area contributed by atoms with E-state index in [9.17, 15) is 0 Å². The first-order valence-electron chi connectivity index (χ1n) is 3.15. The van der Waals surface area contributed by atoms with Crippen molar-refractivity contribution in [3.63, 3.8) is 0 Å². The molecule has 0 aliphatic rings. The molecule has 0 aliphatic heterocycles. The van der Waals surface area contributed by atoms with E-state index in [0.717, 1.165) is 11.1 Å². The van der Waals surface area contributed by atoms with Crippen LogP contribution in [0.5, 0.6) is 0 Å². The second-order valence-corrected chi connectivity index (χ2v) is 2.28. The summed E-state index contributed by atoms with van der Waals surface area (Å²) < 4.78 is 0. The Balaban J connectivity index is 2.89. The van der Waals surface area contributed by atoms with E-state index in [1.807, 2.05) is 24.3 Å². The molecule has 10 heavy (non-hydrogen) atoms. The largest absolute Gasteiger partial charge is 0.382 e. The summed E-state index contributed by atoms with van der Waals surface area (Å²) in [6.07, 6.45) is 0.347. The Labute approximate surface area is 61.3 Å². The molecular weight excluding hydrogens is 124 g/mol. The first-order valence-corrected chi connectivity index (χ1v) is 3.15. The molecule has 2 radical (unpaired) electrons. The van der Waals surface area contributed by atoms with E-state index < -0.39 is 0 Å². The molecule has 0 aliphatic carbocycles. The standard InChI is InChI=1S/C9H10O/c1-7-3-5-9(6-4-7)8(2)10/h3-6,10H,1H2,2H3. The fraction of sp³-hybridized carbons (Fsp3) is 0.111. The molecule has 0 bridgehead atoms. The smallest absolute Gasteiger partial charge is 0.119 e. The molecule has 0 aromatic heterocycles. The van der Waals surface area contributed by atoms with Crippen LogP contribution >= 0.6 is 0 Å². The van der Waals surface area contributed by atoms with Crippen LogP contribution < -0.4 is 0 Å². The molecule has 0 saturated heterocycles. The summed E-state index contributed by atoms with van der Waals surface area (Å²) >= 11 is 0. The minimum Gasteiger partial charge on any atom is -0.382 e. The summed E-state index contributed by atoms with van der Waals surface area (Å²) in [7, 11) is 0. The number of hydrogen-bond acceptors (Lipinski definition) is 1. The van der Waals surface area contributed by atoms with Crippen molar-refractivity contribution in [2.24, 2.45) is 0 Å². The minimum atomic E-state index is 0.347. The average Bonchev–Trinajstić information content (AvgIpc) is 1.88. The average molecular weight is 134 g/mol. The second kappa shape index (κ2) is 2.84. The van der Waals surface area contributed by atoms with E-state index in [-0.39, 0.29) is 0 Å². The number of aliphatic hydroxyl groups is 1. The SMILES string of the molecule is [CH2]c1ccc([C](C)O)cc1. The summed E-state index contributed by atoms with van der Waals surface area (Å²) in [5, 5.41) is 9.01. The Bertz CT molecular complexity index is 198. The molecule has 0 saturated carbocycles. The van der Waals surface area contributed by atoms with Crippen LogP contribution in [0.4, 0.5) is 0 Å². The highest BCUT2D eigenvalue weighted by molar-refractivity contribution is 5.30. The van der Waals surface area contributed by atoms with Gasteiger partial charge in [-0.15, -0.1) is 0 Å². The maximum absolute atomic E-state index is 9.01. The quantitative estimate of drug-likeness (QED) is 0.623. The summed E-state index contributed by atoms with van der Waals surface area (Å²) in [5.41, 5.74) is 1.82. The lowest BCUT2D eigenvalue weighted by Crippen LogP contribution is -1.90. The van der Waals surface area contributed by atoms with Gasteiger partial charge in [0.15, 0.2) is 0 Å². The third-order valence-corrected chi connectivity index (χ3v) is 1.37. The topological polar surface area (TPSA) is 20.2 Å². The van der Waals surface area contributed by atoms with Crippen LogP contribution in [0, 0.1) is 13.0 Å². The maximum atomic E-state index is 9.01. The van der Waals surface area contributed by atoms with Crippen molar-refractivity contribution in [3.05, 3.63) is 48.4 Å². The molecule has 1 N–H and O–H groups in total. The minimum absolute atomic E-state index is 0.347. The van der Waals surface area contributed by atoms with E-state index in [2.05, 4.69) is 6.92 Å². The lowest BCUT2D eigenvalue weighted by Gasteiger charge is -2.01. The van der Waals surface area contributed by atoms with Crippen LogP contribution in [0.15, 0.2) is 24.3 Å². The van der Waals surface area contributed by atoms with E-state index >= 15 is 0 Å². The Morgan fingerprint density at radius 3 is 2.20 bits per heavy atom. The lowest BCUT2D eigenvalue weighted by atomic mass is 10.1. The van der Waals surface area contributed by atoms with Gasteiger partial charge >= 0.3 is 0 Å². The molecule has 1 heteroatoms. The third kappa shape index (κ3) is 1.58. The van der Waals surface area contributed by atoms with Crippen molar-refractivity contribution in [2.75, 3.05) is 0 Å². The van der Waals surface area contributed by atoms with Gasteiger partial charge in [-0.3, -0.25) is 0 Å². The van der Waals surface area contributed by atoms with Gasteiger partial charge < -0.3 is 5.11 Å². The van der Waals surface area contributed by atoms with Gasteiger partial charge in [-0.2, -0.15) is 0 Å². The number of hydrogen-bond donors (Lipinski definition) is 1. The predicted molar refractivity (Wildman–Crippen MR) is 40.9 cm³/mol. The second-order valence-electron chi connectivity index (χ2n) is 2.28. The van der Waals surface area contributed by atoms with Crippen molar-refractivity contribution in [2.45, 2.75) is 6.92 Å². The summed E-state index contributed by atoms with van der Waals surface area (Å²) in [6.45, 7) is 5.39. The Morgan fingerprint density at radius 1 is 1.30 bits per heavy atom. The van der Waals surface area contributed by atoms with Crippen LogP contribution in [-0.2, 0) is 0 Å². The number of benzene rings is 1. The molecule has 0 unspecified atom stereocenters. The molecule has 1 nitrogen and oxygen atoms in total. The Hall–Kier alpha value is -0.820. The summed E-state index contributed by atoms with van der Waals surface area (Å²) in [4.78, 5) is 0. The van der Waals surface area contributed by atoms with Crippen molar-refractivity contribution in [1.82, 2.24) is 0 Å². The first kappa shape index (κ1) is 7.29. The zero-order chi connectivity index (χ0) is 7.56. The highest BCUT2D eigenvalue weighted by atomic mass is 16.3. The summed E-state index contributed by atoms with van der Waals surface area (Å²) in [6, 6.07) is 7.43. The monoisotopic (exact) mass is 134 g/mol. The Kier molecular flexibility index (Phi) is 2.07. The van der Waals surface area contributed by atoms with Crippen molar-refractivity contribution in [3.8, 4) is 0 Å². The molecular formula is C9H10O. The van der Waals surface area contributed by atoms with E-state index in [0.29, 0.717) is 6.10 Å². The van der Waals surface area contributed by atoms with Gasteiger partial charge in [0.25, 0.3) is 0 Å². The normalized spacial score (nSPS) is 10.4. The molecule has 1 aromatic rings. The molecule has 0 atom stereocenters. The van der Waals surface area contributed by atoms with Gasteiger partial charge in [-0.1, -0.05) is 24.3 Å². The van der Waals surface area contributed by atoms with Gasteiger partial charge in [-0.05, 0) is 25.0 Å². The van der Waals surface area contributed by atoms with Crippen LogP contribution in [0.25, 0.3) is 0 Å². The highest BCUT2D eigenvalue weighted by Crippen LogP contribution is 2.10. The van der Waals surface area contributed by atoms with E-state index in [4.69, 9.17) is 5.11 Å². The zero-order valence-electron chi connectivity index (χ0n) is 5.96. The van der Waals surface area contributed by atoms with Gasteiger partial charge in [0.1, 0.15) is 6.10 Å². The molecule has 0 fully saturated rings. The first-order chi connectivity index (χ1) is 4.70. The fourth-order valence-corrected chi connectivity index (χ4v) is 0.746. The predicted octanol–water partition coefficient (Wildman–Crippen LogP) is 2.14. The van der Waals surface area contributed by atoms with Crippen LogP contribution in [-0.4, -0.2) is 5.11 Å². The number of aliphatic hydroxyl groups excluding tert-OH is 1. The lowest BCUT2D eigenvalue weighted by molar-refractivity contribution is 0.341. The highest BCUT2D eigenvalue weighted by Gasteiger charge is 1.98. The molecule has 0 amide bonds. The van der Waals surface area contributed by atoms with Gasteiger partial charge in [0, 0.05) is 0 Å². The maximum Gasteiger partial charge on any atom is 0.119 e. The Morgan fingerprint density at radius 2 is 1.80 bits per heavy atom. The molecule has 1 aromatic carbocycles. The zero-order valence-corrected chi connectivity index (χ0v) is 5.96. The van der Waals surface area contributed by atoms with Crippen LogP contribution in [0.2, 0.25) is 0 Å². The number of rotatable bonds is 1. The van der Waals surface area contributed by atoms with Gasteiger partial charge in [0.05, 0.1) is 0 Å². The van der Waals surface area contributed by atoms with Crippen LogP contribution in [0.1, 0.15) is 18.1 Å². The van der Waals surface area contributed by atoms with Crippen molar-refractivity contribution < 1.29 is 5.11 Å². The third-order valence-electron chi connectivity index (χ3n) is 1.37. The van der Waals surface area contributed by atoms with Crippen LogP contribution in [0.3, 0.4) is 0 Å². The van der Waals surface area contributed by atoms with E-state index in [1.54, 1.807) is 6.92 Å². The summed E-state index contributed by atoms with van der Waals surface area (Å²) in [5.74, 6) is 0. The van der Waals surface area contributed by atoms with Gasteiger partial charge in [-0.25, -0.2) is 0 Å². The molecule has 0 spiro atoms. The molecule has 0 heterocycles. The fourth-order valence-electron chi connectivity index (χ4n) is 0.746. The van der Waals surface area contributed by atoms with Crippen molar-refractivity contribution in [1.29, 1.82) is 0 Å². The molecule has 1 rings (SSSR count). The van der Waals surface area contributed by atoms with Crippen molar-refractivity contribution >= 4 is 0 Å². The van der Waals surface area contributed by atoms with E-state index in [1.165, 1.54) is 0 Å². The van der Waals surface area contributed by atoms with Gasteiger partial charge in [0.2, 0.25) is 0 Å². The molecule has 52 valence electrons.